The Hall–Kier alpha value is -0.700. The van der Waals surface area contributed by atoms with E-state index in [9.17, 15) is 0 Å². The summed E-state index contributed by atoms with van der Waals surface area (Å²) in [7, 11) is 0. The van der Waals surface area contributed by atoms with Gasteiger partial charge in [0.05, 0.1) is 11.4 Å². The minimum absolute atomic E-state index is 0.222. The van der Waals surface area contributed by atoms with Crippen LogP contribution >= 0.6 is 15.9 Å². The summed E-state index contributed by atoms with van der Waals surface area (Å²) in [6.07, 6.45) is 6.48. The topological polar surface area (TPSA) is 38.0 Å². The molecule has 1 aromatic carbocycles. The molecule has 2 rings (SSSR count). The van der Waals surface area contributed by atoms with Gasteiger partial charge in [0, 0.05) is 10.0 Å². The highest BCUT2D eigenvalue weighted by atomic mass is 79.9. The lowest BCUT2D eigenvalue weighted by Crippen LogP contribution is -2.36. The van der Waals surface area contributed by atoms with E-state index in [2.05, 4.69) is 34.2 Å². The molecule has 1 aromatic rings. The fourth-order valence-corrected chi connectivity index (χ4v) is 2.81. The van der Waals surface area contributed by atoms with Gasteiger partial charge in [-0.15, -0.1) is 0 Å². The molecule has 0 aromatic heterocycles. The molecule has 1 aliphatic carbocycles. The largest absolute Gasteiger partial charge is 0.397 e. The van der Waals surface area contributed by atoms with Crippen LogP contribution in [0.1, 0.15) is 39.0 Å². The molecular weight excluding hydrogens is 264 g/mol. The van der Waals surface area contributed by atoms with Gasteiger partial charge in [0.15, 0.2) is 0 Å². The van der Waals surface area contributed by atoms with Crippen molar-refractivity contribution in [3.8, 4) is 0 Å². The van der Waals surface area contributed by atoms with E-state index in [4.69, 9.17) is 5.73 Å². The third-order valence-corrected chi connectivity index (χ3v) is 3.90. The molecule has 0 saturated heterocycles. The van der Waals surface area contributed by atoms with Crippen molar-refractivity contribution in [2.45, 2.75) is 44.6 Å². The Morgan fingerprint density at radius 3 is 2.56 bits per heavy atom. The summed E-state index contributed by atoms with van der Waals surface area (Å²) in [5.74, 6) is 0. The van der Waals surface area contributed by atoms with Crippen LogP contribution in [0.25, 0.3) is 0 Å². The quantitative estimate of drug-likeness (QED) is 0.799. The second-order valence-electron chi connectivity index (χ2n) is 4.98. The normalized spacial score (nSPS) is 19.4. The summed E-state index contributed by atoms with van der Waals surface area (Å²) in [4.78, 5) is 0. The smallest absolute Gasteiger partial charge is 0.0578 e. The van der Waals surface area contributed by atoms with Crippen molar-refractivity contribution < 1.29 is 0 Å². The minimum Gasteiger partial charge on any atom is -0.397 e. The zero-order chi connectivity index (χ0) is 11.6. The molecule has 0 radical (unpaired) electrons. The van der Waals surface area contributed by atoms with Crippen molar-refractivity contribution in [3.05, 3.63) is 22.7 Å². The van der Waals surface area contributed by atoms with E-state index in [1.807, 2.05) is 12.1 Å². The first-order chi connectivity index (χ1) is 7.59. The second kappa shape index (κ2) is 4.66. The van der Waals surface area contributed by atoms with Gasteiger partial charge in [-0.3, -0.25) is 0 Å². The lowest BCUT2D eigenvalue weighted by molar-refractivity contribution is 0.349. The van der Waals surface area contributed by atoms with Crippen LogP contribution in [-0.4, -0.2) is 5.54 Å². The predicted molar refractivity (Wildman–Crippen MR) is 73.7 cm³/mol. The van der Waals surface area contributed by atoms with Gasteiger partial charge in [-0.05, 0) is 38.0 Å². The van der Waals surface area contributed by atoms with E-state index < -0.39 is 0 Å². The molecule has 1 saturated carbocycles. The average molecular weight is 283 g/mol. The van der Waals surface area contributed by atoms with E-state index in [0.717, 1.165) is 15.8 Å². The van der Waals surface area contributed by atoms with Crippen LogP contribution < -0.4 is 11.1 Å². The molecule has 88 valence electrons. The number of rotatable bonds is 2. The van der Waals surface area contributed by atoms with Gasteiger partial charge >= 0.3 is 0 Å². The molecule has 0 amide bonds. The Balaban J connectivity index is 2.13. The number of hydrogen-bond acceptors (Lipinski definition) is 2. The molecule has 2 nitrogen and oxygen atoms in total. The molecule has 3 N–H and O–H groups in total. The second-order valence-corrected chi connectivity index (χ2v) is 5.89. The molecule has 0 heterocycles. The Labute approximate surface area is 106 Å². The maximum atomic E-state index is 6.00. The Bertz CT molecular complexity index is 370. The maximum Gasteiger partial charge on any atom is 0.0578 e. The summed E-state index contributed by atoms with van der Waals surface area (Å²) >= 11 is 3.43. The number of nitrogens with one attached hydrogen (secondary N) is 1. The number of nitrogens with two attached hydrogens (primary N) is 1. The van der Waals surface area contributed by atoms with Gasteiger partial charge in [0.1, 0.15) is 0 Å². The van der Waals surface area contributed by atoms with Crippen molar-refractivity contribution in [2.75, 3.05) is 11.1 Å². The summed E-state index contributed by atoms with van der Waals surface area (Å²) in [6, 6.07) is 6.04. The molecule has 0 unspecified atom stereocenters. The Morgan fingerprint density at radius 2 is 1.94 bits per heavy atom. The fourth-order valence-electron chi connectivity index (χ4n) is 2.43. The van der Waals surface area contributed by atoms with Gasteiger partial charge < -0.3 is 11.1 Å². The summed E-state index contributed by atoms with van der Waals surface area (Å²) < 4.78 is 1.03. The van der Waals surface area contributed by atoms with Crippen LogP contribution in [0.15, 0.2) is 22.7 Å². The first-order valence-corrected chi connectivity index (χ1v) is 6.72. The third kappa shape index (κ3) is 2.70. The Kier molecular flexibility index (Phi) is 3.43. The average Bonchev–Trinajstić information content (AvgIpc) is 2.23. The predicted octanol–water partition coefficient (Wildman–Crippen LogP) is 4.17. The third-order valence-electron chi connectivity index (χ3n) is 3.41. The minimum atomic E-state index is 0.222. The monoisotopic (exact) mass is 282 g/mol. The van der Waals surface area contributed by atoms with Gasteiger partial charge in [0.25, 0.3) is 0 Å². The SMILES string of the molecule is CC1(Nc2ccc(Br)cc2N)CCCCC1. The standard InChI is InChI=1S/C13H19BrN2/c1-13(7-3-2-4-8-13)16-12-6-5-10(14)9-11(12)15/h5-6,9,16H,2-4,7-8,15H2,1H3. The fraction of sp³-hybridized carbons (Fsp3) is 0.538. The van der Waals surface area contributed by atoms with Crippen molar-refractivity contribution in [1.82, 2.24) is 0 Å². The molecule has 1 fully saturated rings. The van der Waals surface area contributed by atoms with Gasteiger partial charge in [-0.2, -0.15) is 0 Å². The lowest BCUT2D eigenvalue weighted by atomic mass is 9.83. The maximum absolute atomic E-state index is 6.00. The molecule has 0 bridgehead atoms. The van der Waals surface area contributed by atoms with Crippen LogP contribution in [0.3, 0.4) is 0 Å². The van der Waals surface area contributed by atoms with Gasteiger partial charge in [-0.1, -0.05) is 35.2 Å². The highest BCUT2D eigenvalue weighted by Crippen LogP contribution is 2.33. The van der Waals surface area contributed by atoms with Gasteiger partial charge in [0.2, 0.25) is 0 Å². The van der Waals surface area contributed by atoms with E-state index in [1.54, 1.807) is 0 Å². The number of anilines is 2. The van der Waals surface area contributed by atoms with Crippen molar-refractivity contribution in [2.24, 2.45) is 0 Å². The molecule has 0 spiro atoms. The van der Waals surface area contributed by atoms with Crippen LogP contribution in [0.2, 0.25) is 0 Å². The first-order valence-electron chi connectivity index (χ1n) is 5.92. The summed E-state index contributed by atoms with van der Waals surface area (Å²) in [6.45, 7) is 2.30. The van der Waals surface area contributed by atoms with Crippen molar-refractivity contribution >= 4 is 27.3 Å². The molecule has 3 heteroatoms. The van der Waals surface area contributed by atoms with Gasteiger partial charge in [-0.25, -0.2) is 0 Å². The van der Waals surface area contributed by atoms with Crippen LogP contribution in [0.5, 0.6) is 0 Å². The molecule has 0 atom stereocenters. The summed E-state index contributed by atoms with van der Waals surface area (Å²) in [5, 5.41) is 3.61. The van der Waals surface area contributed by atoms with E-state index in [0.29, 0.717) is 0 Å². The lowest BCUT2D eigenvalue weighted by Gasteiger charge is -2.36. The highest BCUT2D eigenvalue weighted by Gasteiger charge is 2.26. The number of halogens is 1. The zero-order valence-corrected chi connectivity index (χ0v) is 11.3. The summed E-state index contributed by atoms with van der Waals surface area (Å²) in [5.41, 5.74) is 8.11. The molecular formula is C13H19BrN2. The van der Waals surface area contributed by atoms with E-state index in [-0.39, 0.29) is 5.54 Å². The number of hydrogen-bond donors (Lipinski definition) is 2. The number of benzene rings is 1. The highest BCUT2D eigenvalue weighted by molar-refractivity contribution is 9.10. The van der Waals surface area contributed by atoms with Crippen LogP contribution in [-0.2, 0) is 0 Å². The molecule has 1 aliphatic rings. The zero-order valence-electron chi connectivity index (χ0n) is 9.72. The Morgan fingerprint density at radius 1 is 1.25 bits per heavy atom. The molecule has 0 aliphatic heterocycles. The van der Waals surface area contributed by atoms with Crippen molar-refractivity contribution in [1.29, 1.82) is 0 Å². The van der Waals surface area contributed by atoms with Crippen molar-refractivity contribution in [3.63, 3.8) is 0 Å². The van der Waals surface area contributed by atoms with E-state index in [1.165, 1.54) is 32.1 Å². The van der Waals surface area contributed by atoms with E-state index >= 15 is 0 Å². The van der Waals surface area contributed by atoms with Crippen LogP contribution in [0, 0.1) is 0 Å². The first kappa shape index (κ1) is 11.8. The molecule has 16 heavy (non-hydrogen) atoms. The van der Waals surface area contributed by atoms with Crippen LogP contribution in [0.4, 0.5) is 11.4 Å². The number of nitrogen functional groups attached to an aromatic ring is 1.